The fourth-order valence-corrected chi connectivity index (χ4v) is 3.26. The SMILES string of the molecule is CC(C)[C@@H]1CN(C(=O)c2cnc3ccccn3c2=O)c2ccccc2N1. The number of nitrogens with zero attached hydrogens (tertiary/aromatic N) is 3. The summed E-state index contributed by atoms with van der Waals surface area (Å²) in [7, 11) is 0. The standard InChI is InChI=1S/C20H20N4O2/c1-13(2)16-12-24(17-8-4-3-7-15(17)22-16)20(26)14-11-21-18-9-5-6-10-23(18)19(14)25/h3-11,13,16,22H,12H2,1-2H3/t16-/m0/s1. The number of para-hydroxylation sites is 2. The van der Waals surface area contributed by atoms with Crippen molar-refractivity contribution in [2.45, 2.75) is 19.9 Å². The summed E-state index contributed by atoms with van der Waals surface area (Å²) in [4.78, 5) is 32.0. The number of benzene rings is 1. The first-order chi connectivity index (χ1) is 12.6. The molecule has 4 rings (SSSR count). The van der Waals surface area contributed by atoms with E-state index in [4.69, 9.17) is 0 Å². The molecule has 0 unspecified atom stereocenters. The highest BCUT2D eigenvalue weighted by Crippen LogP contribution is 2.32. The molecule has 1 amide bonds. The molecule has 1 atom stereocenters. The number of hydrogen-bond acceptors (Lipinski definition) is 4. The van der Waals surface area contributed by atoms with Crippen LogP contribution in [0, 0.1) is 5.92 Å². The number of rotatable bonds is 2. The van der Waals surface area contributed by atoms with Crippen LogP contribution in [0.15, 0.2) is 59.7 Å². The van der Waals surface area contributed by atoms with Crippen LogP contribution < -0.4 is 15.8 Å². The van der Waals surface area contributed by atoms with Gasteiger partial charge in [-0.15, -0.1) is 0 Å². The molecule has 2 aromatic heterocycles. The molecule has 1 aliphatic heterocycles. The van der Waals surface area contributed by atoms with Crippen molar-refractivity contribution in [3.8, 4) is 0 Å². The Labute approximate surface area is 151 Å². The summed E-state index contributed by atoms with van der Waals surface area (Å²) in [5.74, 6) is 0.0230. The van der Waals surface area contributed by atoms with Gasteiger partial charge in [0, 0.05) is 25.0 Å². The molecule has 6 heteroatoms. The Morgan fingerprint density at radius 3 is 2.77 bits per heavy atom. The highest BCUT2D eigenvalue weighted by Gasteiger charge is 2.31. The zero-order chi connectivity index (χ0) is 18.3. The van der Waals surface area contributed by atoms with Crippen LogP contribution in [0.4, 0.5) is 11.4 Å². The van der Waals surface area contributed by atoms with Crippen molar-refractivity contribution in [1.82, 2.24) is 9.38 Å². The Morgan fingerprint density at radius 1 is 1.19 bits per heavy atom. The summed E-state index contributed by atoms with van der Waals surface area (Å²) in [5.41, 5.74) is 1.94. The second kappa shape index (κ2) is 6.29. The van der Waals surface area contributed by atoms with Gasteiger partial charge in [-0.2, -0.15) is 0 Å². The van der Waals surface area contributed by atoms with Crippen LogP contribution in [0.1, 0.15) is 24.2 Å². The minimum absolute atomic E-state index is 0.0768. The Morgan fingerprint density at radius 2 is 1.96 bits per heavy atom. The lowest BCUT2D eigenvalue weighted by atomic mass is 9.99. The quantitative estimate of drug-likeness (QED) is 0.773. The van der Waals surface area contributed by atoms with Crippen molar-refractivity contribution >= 4 is 22.9 Å². The third-order valence-corrected chi connectivity index (χ3v) is 4.81. The number of carbonyl (C=O) groups is 1. The van der Waals surface area contributed by atoms with Gasteiger partial charge in [-0.1, -0.05) is 32.0 Å². The smallest absolute Gasteiger partial charge is 0.270 e. The first-order valence-corrected chi connectivity index (χ1v) is 8.70. The number of pyridine rings is 1. The van der Waals surface area contributed by atoms with E-state index in [-0.39, 0.29) is 23.1 Å². The van der Waals surface area contributed by atoms with Gasteiger partial charge >= 0.3 is 0 Å². The average molecular weight is 348 g/mol. The van der Waals surface area contributed by atoms with Crippen molar-refractivity contribution in [2.24, 2.45) is 5.92 Å². The van der Waals surface area contributed by atoms with Crippen LogP contribution in [0.25, 0.3) is 5.65 Å². The first kappa shape index (κ1) is 16.3. The average Bonchev–Trinajstić information content (AvgIpc) is 2.67. The number of carbonyl (C=O) groups excluding carboxylic acids is 1. The predicted molar refractivity (Wildman–Crippen MR) is 102 cm³/mol. The number of hydrogen-bond donors (Lipinski definition) is 1. The number of amides is 1. The molecule has 1 aliphatic rings. The van der Waals surface area contributed by atoms with E-state index in [0.29, 0.717) is 18.1 Å². The van der Waals surface area contributed by atoms with Crippen LogP contribution in [-0.4, -0.2) is 27.9 Å². The summed E-state index contributed by atoms with van der Waals surface area (Å²) in [6.07, 6.45) is 3.01. The van der Waals surface area contributed by atoms with E-state index in [1.54, 1.807) is 23.2 Å². The van der Waals surface area contributed by atoms with E-state index in [0.717, 1.165) is 11.4 Å². The summed E-state index contributed by atoms with van der Waals surface area (Å²) < 4.78 is 1.40. The molecule has 6 nitrogen and oxygen atoms in total. The van der Waals surface area contributed by atoms with E-state index >= 15 is 0 Å². The summed E-state index contributed by atoms with van der Waals surface area (Å²) in [5, 5.41) is 3.48. The molecule has 0 bridgehead atoms. The lowest BCUT2D eigenvalue weighted by Gasteiger charge is -2.37. The number of fused-ring (bicyclic) bond motifs is 2. The third kappa shape index (κ3) is 2.63. The van der Waals surface area contributed by atoms with Crippen molar-refractivity contribution < 1.29 is 4.79 Å². The van der Waals surface area contributed by atoms with E-state index in [2.05, 4.69) is 24.1 Å². The molecule has 0 aliphatic carbocycles. The fraction of sp³-hybridized carbons (Fsp3) is 0.250. The van der Waals surface area contributed by atoms with Crippen molar-refractivity contribution in [3.05, 3.63) is 70.8 Å². The van der Waals surface area contributed by atoms with Crippen LogP contribution in [0.3, 0.4) is 0 Å². The van der Waals surface area contributed by atoms with Crippen LogP contribution in [-0.2, 0) is 0 Å². The van der Waals surface area contributed by atoms with Crippen molar-refractivity contribution in [1.29, 1.82) is 0 Å². The lowest BCUT2D eigenvalue weighted by molar-refractivity contribution is 0.0981. The minimum Gasteiger partial charge on any atom is -0.379 e. The second-order valence-corrected chi connectivity index (χ2v) is 6.83. The highest BCUT2D eigenvalue weighted by molar-refractivity contribution is 6.08. The Kier molecular flexibility index (Phi) is 3.95. The van der Waals surface area contributed by atoms with Gasteiger partial charge in [0.05, 0.1) is 11.4 Å². The minimum atomic E-state index is -0.349. The number of anilines is 2. The van der Waals surface area contributed by atoms with E-state index in [9.17, 15) is 9.59 Å². The van der Waals surface area contributed by atoms with Crippen LogP contribution in [0.5, 0.6) is 0 Å². The Hall–Kier alpha value is -3.15. The maximum absolute atomic E-state index is 13.2. The van der Waals surface area contributed by atoms with Gasteiger partial charge in [-0.05, 0) is 30.2 Å². The number of nitrogens with one attached hydrogen (secondary N) is 1. The first-order valence-electron chi connectivity index (χ1n) is 8.70. The third-order valence-electron chi connectivity index (χ3n) is 4.81. The zero-order valence-electron chi connectivity index (χ0n) is 14.7. The molecule has 3 heterocycles. The molecule has 0 spiro atoms. The molecule has 3 aromatic rings. The van der Waals surface area contributed by atoms with E-state index in [1.165, 1.54) is 10.6 Å². The zero-order valence-corrected chi connectivity index (χ0v) is 14.7. The molecule has 0 radical (unpaired) electrons. The molecule has 132 valence electrons. The molecular formula is C20H20N4O2. The number of aromatic nitrogens is 2. The molecule has 0 saturated heterocycles. The van der Waals surface area contributed by atoms with Crippen LogP contribution >= 0.6 is 0 Å². The van der Waals surface area contributed by atoms with E-state index in [1.807, 2.05) is 30.3 Å². The molecular weight excluding hydrogens is 328 g/mol. The van der Waals surface area contributed by atoms with Gasteiger partial charge in [0.2, 0.25) is 0 Å². The Bertz CT molecular complexity index is 1040. The van der Waals surface area contributed by atoms with Crippen molar-refractivity contribution in [3.63, 3.8) is 0 Å². The van der Waals surface area contributed by atoms with Gasteiger partial charge in [0.15, 0.2) is 0 Å². The van der Waals surface area contributed by atoms with Gasteiger partial charge < -0.3 is 10.2 Å². The monoisotopic (exact) mass is 348 g/mol. The molecule has 1 N–H and O–H groups in total. The summed E-state index contributed by atoms with van der Waals surface area (Å²) in [6, 6.07) is 13.1. The van der Waals surface area contributed by atoms with E-state index < -0.39 is 0 Å². The molecule has 26 heavy (non-hydrogen) atoms. The normalized spacial score (nSPS) is 16.4. The highest BCUT2D eigenvalue weighted by atomic mass is 16.2. The van der Waals surface area contributed by atoms with Gasteiger partial charge in [-0.3, -0.25) is 14.0 Å². The molecule has 0 fully saturated rings. The predicted octanol–water partition coefficient (Wildman–Crippen LogP) is 2.79. The fourth-order valence-electron chi connectivity index (χ4n) is 3.26. The maximum atomic E-state index is 13.2. The van der Waals surface area contributed by atoms with Gasteiger partial charge in [0.1, 0.15) is 11.2 Å². The summed E-state index contributed by atoms with van der Waals surface area (Å²) in [6.45, 7) is 4.73. The largest absolute Gasteiger partial charge is 0.379 e. The Balaban J connectivity index is 1.81. The topological polar surface area (TPSA) is 66.7 Å². The van der Waals surface area contributed by atoms with Crippen LogP contribution in [0.2, 0.25) is 0 Å². The second-order valence-electron chi connectivity index (χ2n) is 6.83. The van der Waals surface area contributed by atoms with Gasteiger partial charge in [0.25, 0.3) is 11.5 Å². The summed E-state index contributed by atoms with van der Waals surface area (Å²) >= 11 is 0. The molecule has 0 saturated carbocycles. The lowest BCUT2D eigenvalue weighted by Crippen LogP contribution is -2.48. The van der Waals surface area contributed by atoms with Gasteiger partial charge in [-0.25, -0.2) is 4.98 Å². The van der Waals surface area contributed by atoms with Crippen molar-refractivity contribution in [2.75, 3.05) is 16.8 Å². The molecule has 1 aromatic carbocycles. The maximum Gasteiger partial charge on any atom is 0.270 e.